The first-order valence-electron chi connectivity index (χ1n) is 4.16. The maximum absolute atomic E-state index is 11.2. The third-order valence-electron chi connectivity index (χ3n) is 2.03. The molecule has 0 aliphatic carbocycles. The van der Waals surface area contributed by atoms with Crippen molar-refractivity contribution < 1.29 is 9.59 Å². The summed E-state index contributed by atoms with van der Waals surface area (Å²) in [5, 5.41) is 2.94. The average molecular weight is 170 g/mol. The molecule has 0 radical (unpaired) electrons. The molecule has 1 N–H and O–H groups in total. The van der Waals surface area contributed by atoms with Crippen LogP contribution in [0.5, 0.6) is 0 Å². The molecule has 1 fully saturated rings. The molecule has 0 aromatic heterocycles. The van der Waals surface area contributed by atoms with Gasteiger partial charge in [0.25, 0.3) is 0 Å². The number of carbonyl (C=O) groups excluding carboxylic acids is 2. The van der Waals surface area contributed by atoms with E-state index in [4.69, 9.17) is 0 Å². The molecule has 68 valence electrons. The topological polar surface area (TPSA) is 49.4 Å². The minimum absolute atomic E-state index is 0.0162. The van der Waals surface area contributed by atoms with Gasteiger partial charge in [0, 0.05) is 25.4 Å². The first-order chi connectivity index (χ1) is 5.66. The fourth-order valence-corrected chi connectivity index (χ4v) is 1.47. The maximum Gasteiger partial charge on any atom is 0.229 e. The highest BCUT2D eigenvalue weighted by Crippen LogP contribution is 2.14. The van der Waals surface area contributed by atoms with Crippen molar-refractivity contribution in [1.82, 2.24) is 10.2 Å². The number of likely N-dealkylation sites (tertiary alicyclic amines) is 1. The van der Waals surface area contributed by atoms with Gasteiger partial charge < -0.3 is 5.32 Å². The van der Waals surface area contributed by atoms with Gasteiger partial charge in [-0.15, -0.1) is 0 Å². The number of hydrogen-bond donors (Lipinski definition) is 1. The van der Waals surface area contributed by atoms with Gasteiger partial charge in [0.05, 0.1) is 0 Å². The van der Waals surface area contributed by atoms with Crippen molar-refractivity contribution in [3.05, 3.63) is 0 Å². The van der Waals surface area contributed by atoms with Gasteiger partial charge >= 0.3 is 0 Å². The standard InChI is InChI=1S/C8H14N2O2/c1-6(5-9-2)10-7(11)3-4-8(10)12/h6,9H,3-5H2,1-2H3. The normalized spacial score (nSPS) is 20.3. The van der Waals surface area contributed by atoms with E-state index in [9.17, 15) is 9.59 Å². The number of rotatable bonds is 3. The molecule has 1 heterocycles. The summed E-state index contributed by atoms with van der Waals surface area (Å²) >= 11 is 0. The zero-order valence-electron chi connectivity index (χ0n) is 7.46. The highest BCUT2D eigenvalue weighted by atomic mass is 16.2. The van der Waals surface area contributed by atoms with Crippen LogP contribution in [0.2, 0.25) is 0 Å². The molecule has 12 heavy (non-hydrogen) atoms. The van der Waals surface area contributed by atoms with Crippen LogP contribution < -0.4 is 5.32 Å². The molecule has 1 aliphatic rings. The van der Waals surface area contributed by atoms with E-state index in [1.807, 2.05) is 14.0 Å². The lowest BCUT2D eigenvalue weighted by Gasteiger charge is -2.21. The molecule has 0 bridgehead atoms. The average Bonchev–Trinajstić information content (AvgIpc) is 2.32. The Morgan fingerprint density at radius 3 is 2.33 bits per heavy atom. The predicted octanol–water partition coefficient (Wildman–Crippen LogP) is -0.257. The Labute approximate surface area is 71.9 Å². The van der Waals surface area contributed by atoms with Crippen LogP contribution in [0, 0.1) is 0 Å². The second kappa shape index (κ2) is 3.67. The number of imide groups is 1. The summed E-state index contributed by atoms with van der Waals surface area (Å²) in [6.07, 6.45) is 0.764. The van der Waals surface area contributed by atoms with Gasteiger partial charge in [-0.1, -0.05) is 0 Å². The molecule has 1 atom stereocenters. The van der Waals surface area contributed by atoms with Crippen molar-refractivity contribution in [3.8, 4) is 0 Å². The Balaban J connectivity index is 2.59. The van der Waals surface area contributed by atoms with Crippen LogP contribution in [-0.2, 0) is 9.59 Å². The summed E-state index contributed by atoms with van der Waals surface area (Å²) in [6.45, 7) is 2.54. The van der Waals surface area contributed by atoms with E-state index in [2.05, 4.69) is 5.32 Å². The Morgan fingerprint density at radius 2 is 1.92 bits per heavy atom. The molecule has 1 aliphatic heterocycles. The van der Waals surface area contributed by atoms with E-state index in [1.54, 1.807) is 0 Å². The van der Waals surface area contributed by atoms with E-state index < -0.39 is 0 Å². The third kappa shape index (κ3) is 1.64. The Hall–Kier alpha value is -0.900. The number of likely N-dealkylation sites (N-methyl/N-ethyl adjacent to an activating group) is 1. The third-order valence-corrected chi connectivity index (χ3v) is 2.03. The van der Waals surface area contributed by atoms with E-state index in [0.717, 1.165) is 0 Å². The smallest absolute Gasteiger partial charge is 0.229 e. The van der Waals surface area contributed by atoms with Gasteiger partial charge in [-0.05, 0) is 14.0 Å². The SMILES string of the molecule is CNCC(C)N1C(=O)CCC1=O. The molecule has 1 saturated heterocycles. The van der Waals surface area contributed by atoms with E-state index in [-0.39, 0.29) is 17.9 Å². The molecule has 0 saturated carbocycles. The highest BCUT2D eigenvalue weighted by molar-refractivity contribution is 6.02. The van der Waals surface area contributed by atoms with Crippen LogP contribution in [0.1, 0.15) is 19.8 Å². The second-order valence-corrected chi connectivity index (χ2v) is 3.06. The molecule has 1 rings (SSSR count). The fraction of sp³-hybridized carbons (Fsp3) is 0.750. The lowest BCUT2D eigenvalue weighted by Crippen LogP contribution is -2.42. The Morgan fingerprint density at radius 1 is 1.42 bits per heavy atom. The zero-order valence-corrected chi connectivity index (χ0v) is 7.46. The lowest BCUT2D eigenvalue weighted by atomic mass is 10.3. The van der Waals surface area contributed by atoms with Crippen LogP contribution in [0.15, 0.2) is 0 Å². The monoisotopic (exact) mass is 170 g/mol. The highest BCUT2D eigenvalue weighted by Gasteiger charge is 2.32. The summed E-state index contributed by atoms with van der Waals surface area (Å²) in [5.74, 6) is -0.0782. The van der Waals surface area contributed by atoms with Crippen molar-refractivity contribution in [2.24, 2.45) is 0 Å². The predicted molar refractivity (Wildman–Crippen MR) is 44.5 cm³/mol. The summed E-state index contributed by atoms with van der Waals surface area (Å²) in [4.78, 5) is 23.7. The summed E-state index contributed by atoms with van der Waals surface area (Å²) in [7, 11) is 1.81. The Bertz CT molecular complexity index is 187. The minimum atomic E-state index is -0.0391. The summed E-state index contributed by atoms with van der Waals surface area (Å²) in [6, 6.07) is -0.0162. The quantitative estimate of drug-likeness (QED) is 0.594. The van der Waals surface area contributed by atoms with Crippen molar-refractivity contribution >= 4 is 11.8 Å². The number of amides is 2. The molecule has 0 aromatic carbocycles. The van der Waals surface area contributed by atoms with Gasteiger partial charge in [-0.3, -0.25) is 14.5 Å². The second-order valence-electron chi connectivity index (χ2n) is 3.06. The maximum atomic E-state index is 11.2. The number of nitrogens with one attached hydrogen (secondary N) is 1. The minimum Gasteiger partial charge on any atom is -0.318 e. The van der Waals surface area contributed by atoms with Crippen molar-refractivity contribution in [2.45, 2.75) is 25.8 Å². The van der Waals surface area contributed by atoms with Crippen molar-refractivity contribution in [2.75, 3.05) is 13.6 Å². The van der Waals surface area contributed by atoms with E-state index in [0.29, 0.717) is 19.4 Å². The van der Waals surface area contributed by atoms with Gasteiger partial charge in [0.15, 0.2) is 0 Å². The van der Waals surface area contributed by atoms with Gasteiger partial charge in [0.1, 0.15) is 0 Å². The lowest BCUT2D eigenvalue weighted by molar-refractivity contribution is -0.140. The molecular formula is C8H14N2O2. The fourth-order valence-electron chi connectivity index (χ4n) is 1.47. The molecule has 0 spiro atoms. The van der Waals surface area contributed by atoms with E-state index >= 15 is 0 Å². The first-order valence-corrected chi connectivity index (χ1v) is 4.16. The van der Waals surface area contributed by atoms with Crippen molar-refractivity contribution in [1.29, 1.82) is 0 Å². The Kier molecular flexibility index (Phi) is 2.81. The number of carbonyl (C=O) groups is 2. The van der Waals surface area contributed by atoms with Gasteiger partial charge in [-0.2, -0.15) is 0 Å². The number of nitrogens with zero attached hydrogens (tertiary/aromatic N) is 1. The molecule has 4 nitrogen and oxygen atoms in total. The summed E-state index contributed by atoms with van der Waals surface area (Å²) < 4.78 is 0. The molecular weight excluding hydrogens is 156 g/mol. The van der Waals surface area contributed by atoms with Gasteiger partial charge in [-0.25, -0.2) is 0 Å². The first kappa shape index (κ1) is 9.19. The largest absolute Gasteiger partial charge is 0.318 e. The molecule has 1 unspecified atom stereocenters. The van der Waals surface area contributed by atoms with Crippen LogP contribution in [-0.4, -0.2) is 36.3 Å². The van der Waals surface area contributed by atoms with Crippen LogP contribution in [0.3, 0.4) is 0 Å². The molecule has 2 amide bonds. The summed E-state index contributed by atoms with van der Waals surface area (Å²) in [5.41, 5.74) is 0. The zero-order chi connectivity index (χ0) is 9.14. The van der Waals surface area contributed by atoms with E-state index in [1.165, 1.54) is 4.90 Å². The van der Waals surface area contributed by atoms with Crippen molar-refractivity contribution in [3.63, 3.8) is 0 Å². The van der Waals surface area contributed by atoms with Crippen LogP contribution in [0.4, 0.5) is 0 Å². The van der Waals surface area contributed by atoms with Crippen LogP contribution >= 0.6 is 0 Å². The molecule has 0 aromatic rings. The molecule has 4 heteroatoms. The number of hydrogen-bond acceptors (Lipinski definition) is 3. The van der Waals surface area contributed by atoms with Crippen LogP contribution in [0.25, 0.3) is 0 Å². The van der Waals surface area contributed by atoms with Gasteiger partial charge in [0.2, 0.25) is 11.8 Å².